The van der Waals surface area contributed by atoms with Crippen LogP contribution in [0.1, 0.15) is 102 Å². The van der Waals surface area contributed by atoms with Crippen molar-refractivity contribution >= 4 is 35.8 Å². The summed E-state index contributed by atoms with van der Waals surface area (Å²) in [6.07, 6.45) is 7.51. The molecule has 0 amide bonds. The number of benzene rings is 3. The normalized spacial score (nSPS) is 14.0. The van der Waals surface area contributed by atoms with E-state index in [1.807, 2.05) is 65.8 Å². The number of fused-ring (bicyclic) bond motifs is 1. The van der Waals surface area contributed by atoms with E-state index in [2.05, 4.69) is 13.0 Å². The largest absolute Gasteiger partial charge is 0.553 e. The molecule has 0 bridgehead atoms. The molecule has 2 atom stereocenters. The molecule has 3 aromatic carbocycles. The van der Waals surface area contributed by atoms with Crippen LogP contribution in [0.25, 0.3) is 16.6 Å². The Morgan fingerprint density at radius 3 is 2.37 bits per heavy atom. The number of hydrogen-bond acceptors (Lipinski definition) is 5. The molecule has 3 radical (unpaired) electrons. The predicted molar refractivity (Wildman–Crippen MR) is 201 cm³/mol. The van der Waals surface area contributed by atoms with E-state index in [1.165, 1.54) is 16.7 Å². The fourth-order valence-electron chi connectivity index (χ4n) is 6.44. The van der Waals surface area contributed by atoms with Gasteiger partial charge in [-0.2, -0.15) is 0 Å². The van der Waals surface area contributed by atoms with Crippen LogP contribution < -0.4 is 11.3 Å². The zero-order chi connectivity index (χ0) is 36.0. The first-order valence-corrected chi connectivity index (χ1v) is 17.0. The quantitative estimate of drug-likeness (QED) is 0.0647. The van der Waals surface area contributed by atoms with Crippen LogP contribution in [0, 0.1) is 23.0 Å². The molecule has 4 rings (SSSR count). The van der Waals surface area contributed by atoms with E-state index in [0.29, 0.717) is 46.4 Å². The number of nitrogens with zero attached hydrogens (tertiary/aromatic N) is 3. The summed E-state index contributed by atoms with van der Waals surface area (Å²) < 4.78 is 30.3. The van der Waals surface area contributed by atoms with Gasteiger partial charge in [0.15, 0.2) is 0 Å². The summed E-state index contributed by atoms with van der Waals surface area (Å²) in [5.74, 6) is -1.42. The monoisotopic (exact) mass is 661 g/mol. The van der Waals surface area contributed by atoms with E-state index in [1.54, 1.807) is 12.1 Å². The second-order valence-electron chi connectivity index (χ2n) is 12.9. The van der Waals surface area contributed by atoms with E-state index in [9.17, 15) is 13.6 Å². The van der Waals surface area contributed by atoms with Crippen LogP contribution in [-0.2, 0) is 12.8 Å². The third kappa shape index (κ3) is 8.50. The number of anilines is 1. The molecule has 1 aromatic heterocycles. The first-order valence-electron chi connectivity index (χ1n) is 17.0. The van der Waals surface area contributed by atoms with Crippen molar-refractivity contribution in [2.75, 3.05) is 5.73 Å². The van der Waals surface area contributed by atoms with E-state index < -0.39 is 17.6 Å². The number of rotatable bonds is 13. The van der Waals surface area contributed by atoms with Gasteiger partial charge in [-0.1, -0.05) is 64.3 Å². The zero-order valence-corrected chi connectivity index (χ0v) is 29.6. The fourth-order valence-corrected chi connectivity index (χ4v) is 6.44. The number of nitrogens with two attached hydrogens (primary N) is 1. The van der Waals surface area contributed by atoms with E-state index in [-0.39, 0.29) is 29.2 Å². The lowest BCUT2D eigenvalue weighted by Gasteiger charge is -2.28. The van der Waals surface area contributed by atoms with Crippen LogP contribution in [0.2, 0.25) is 0 Å². The number of nitrogen functional groups attached to an aromatic ring is 1. The number of hydrogen-bond donors (Lipinski definition) is 2. The molecule has 2 unspecified atom stereocenters. The minimum atomic E-state index is -0.673. The van der Waals surface area contributed by atoms with Crippen molar-refractivity contribution in [3.05, 3.63) is 122 Å². The number of halogens is 2. The molecule has 9 heteroatoms. The molecule has 0 saturated carbocycles. The zero-order valence-electron chi connectivity index (χ0n) is 29.6. The Labute approximate surface area is 289 Å². The van der Waals surface area contributed by atoms with Crippen LogP contribution in [-0.4, -0.2) is 28.7 Å². The Kier molecular flexibility index (Phi) is 12.3. The van der Waals surface area contributed by atoms with Crippen molar-refractivity contribution in [2.24, 2.45) is 10.9 Å². The second kappa shape index (κ2) is 16.2. The number of nitrogens with one attached hydrogen (secondary N) is 1. The fraction of sp³-hybridized carbons (Fsp3) is 0.350. The number of aromatic nitrogens is 2. The Hall–Kier alpha value is -4.66. The van der Waals surface area contributed by atoms with Crippen molar-refractivity contribution in [3.63, 3.8) is 0 Å². The molecule has 3 N–H and O–H groups in total. The highest BCUT2D eigenvalue weighted by Gasteiger charge is 2.28. The molecule has 49 heavy (non-hydrogen) atoms. The van der Waals surface area contributed by atoms with E-state index in [4.69, 9.17) is 29.0 Å². The lowest BCUT2D eigenvalue weighted by Crippen LogP contribution is -2.30. The number of aliphatic imine (C=N–C) groups is 1. The van der Waals surface area contributed by atoms with Crippen molar-refractivity contribution in [2.45, 2.75) is 86.5 Å². The van der Waals surface area contributed by atoms with Gasteiger partial charge in [-0.15, -0.1) is 0 Å². The van der Waals surface area contributed by atoms with Gasteiger partial charge >= 0.3 is 0 Å². The Morgan fingerprint density at radius 1 is 1.06 bits per heavy atom. The number of allylic oxidation sites excluding steroid dienone is 4. The van der Waals surface area contributed by atoms with Crippen LogP contribution >= 0.6 is 0 Å². The molecule has 0 spiro atoms. The summed E-state index contributed by atoms with van der Waals surface area (Å²) in [7, 11) is 6.05. The lowest BCUT2D eigenvalue weighted by atomic mass is 9.84. The Bertz CT molecular complexity index is 2010. The van der Waals surface area contributed by atoms with Crippen molar-refractivity contribution < 1.29 is 8.78 Å². The summed E-state index contributed by atoms with van der Waals surface area (Å²) in [5, 5.41) is 8.71. The molecule has 0 fully saturated rings. The van der Waals surface area contributed by atoms with Gasteiger partial charge in [0.25, 0.3) is 5.56 Å². The van der Waals surface area contributed by atoms with Crippen molar-refractivity contribution in [1.29, 1.82) is 5.41 Å². The van der Waals surface area contributed by atoms with Crippen LogP contribution in [0.3, 0.4) is 0 Å². The summed E-state index contributed by atoms with van der Waals surface area (Å²) in [4.78, 5) is 24.6. The summed E-state index contributed by atoms with van der Waals surface area (Å²) in [5.41, 5.74) is 12.5. The van der Waals surface area contributed by atoms with Crippen molar-refractivity contribution in [1.82, 2.24) is 9.55 Å². The highest BCUT2D eigenvalue weighted by atomic mass is 19.1. The average Bonchev–Trinajstić information content (AvgIpc) is 3.03. The van der Waals surface area contributed by atoms with Crippen LogP contribution in [0.5, 0.6) is 0 Å². The predicted octanol–water partition coefficient (Wildman–Crippen LogP) is 9.13. The molecule has 0 aliphatic carbocycles. The smallest absolute Gasteiger partial charge is 0.266 e. The average molecular weight is 662 g/mol. The van der Waals surface area contributed by atoms with Gasteiger partial charge in [-0.3, -0.25) is 14.4 Å². The summed E-state index contributed by atoms with van der Waals surface area (Å²) >= 11 is 0. The first kappa shape index (κ1) is 37.2. The maximum Gasteiger partial charge on any atom is 0.266 e. The topological polar surface area (TPSA) is 97.1 Å². The molecular weight excluding hydrogens is 615 g/mol. The standard InChI is InChI=1S/C40H46BF2N5O/c1-8-11-23(4)17-25(6)46-26(7)29-13-15-32-34(21-29)47-39(33(24(5)10-3)20-27-18-30(42)22-31(43)19-27)48(40(32)49)35-16-14-28(12-9-2)36(37(35)44)38(41)45/h11,13-19,21-22,24,33,45H,8-10,12,20,44H2,1-7H3/q-1/b23-11+,25-17-,45-38?,46-26?. The van der Waals surface area contributed by atoms with Gasteiger partial charge in [0, 0.05) is 23.4 Å². The van der Waals surface area contributed by atoms with Crippen LogP contribution in [0.4, 0.5) is 14.5 Å². The Balaban J connectivity index is 2.05. The summed E-state index contributed by atoms with van der Waals surface area (Å²) in [6.45, 7) is 14.1. The molecule has 1 heterocycles. The molecule has 4 aromatic rings. The minimum absolute atomic E-state index is 0.0477. The summed E-state index contributed by atoms with van der Waals surface area (Å²) in [6, 6.07) is 12.6. The third-order valence-electron chi connectivity index (χ3n) is 9.00. The maximum atomic E-state index is 14.6. The van der Waals surface area contributed by atoms with Gasteiger partial charge in [0.2, 0.25) is 0 Å². The van der Waals surface area contributed by atoms with Crippen LogP contribution in [0.15, 0.2) is 81.7 Å². The van der Waals surface area contributed by atoms with Gasteiger partial charge < -0.3 is 19.0 Å². The number of aryl methyl sites for hydroxylation is 1. The second-order valence-corrected chi connectivity index (χ2v) is 12.9. The molecule has 0 aliphatic rings. The first-order chi connectivity index (χ1) is 23.3. The van der Waals surface area contributed by atoms with Gasteiger partial charge in [0.1, 0.15) is 17.5 Å². The maximum absolute atomic E-state index is 14.6. The molecular formula is C40H46BF2N5O-. The van der Waals surface area contributed by atoms with Gasteiger partial charge in [-0.05, 0) is 105 Å². The third-order valence-corrected chi connectivity index (χ3v) is 9.00. The SMILES string of the molecule is [B-]C(=N)c1c(CCC)ccc(-n2c(C(Cc3cc(F)cc(F)c3)C(C)CC)nc3cc(C(C)=N/C(C)=C\C(C)=C\CC)ccc3c2=O)c1N. The van der Waals surface area contributed by atoms with Gasteiger partial charge in [-0.25, -0.2) is 19.4 Å². The minimum Gasteiger partial charge on any atom is -0.553 e. The molecule has 0 aliphatic heterocycles. The Morgan fingerprint density at radius 2 is 1.76 bits per heavy atom. The van der Waals surface area contributed by atoms with E-state index in [0.717, 1.165) is 47.0 Å². The highest BCUT2D eigenvalue weighted by Crippen LogP contribution is 2.34. The molecule has 0 saturated heterocycles. The molecule has 6 nitrogen and oxygen atoms in total. The lowest BCUT2D eigenvalue weighted by molar-refractivity contribution is 0.417. The van der Waals surface area contributed by atoms with E-state index >= 15 is 0 Å². The van der Waals surface area contributed by atoms with Crippen molar-refractivity contribution in [3.8, 4) is 5.69 Å². The highest BCUT2D eigenvalue weighted by molar-refractivity contribution is 6.64. The molecule has 255 valence electrons. The van der Waals surface area contributed by atoms with Gasteiger partial charge in [0.05, 0.1) is 22.3 Å².